The molecule has 0 saturated heterocycles. The summed E-state index contributed by atoms with van der Waals surface area (Å²) in [5, 5.41) is 3.09. The second kappa shape index (κ2) is 5.95. The van der Waals surface area contributed by atoms with E-state index < -0.39 is 0 Å². The number of nitrogens with one attached hydrogen (secondary N) is 1. The number of hydrogen-bond donors (Lipinski definition) is 2. The number of carbonyl (C=O) groups excluding carboxylic acids is 1. The van der Waals surface area contributed by atoms with Crippen molar-refractivity contribution < 1.29 is 4.79 Å². The van der Waals surface area contributed by atoms with Gasteiger partial charge in [0, 0.05) is 19.2 Å². The molecule has 0 fully saturated rings. The third-order valence-corrected chi connectivity index (χ3v) is 2.46. The molecule has 3 heteroatoms. The molecule has 86 valence electrons. The highest BCUT2D eigenvalue weighted by atomic mass is 16.1. The predicted octanol–water partition coefficient (Wildman–Crippen LogP) is 1.45. The zero-order chi connectivity index (χ0) is 12.0. The lowest BCUT2D eigenvalue weighted by Gasteiger charge is -2.09. The van der Waals surface area contributed by atoms with Gasteiger partial charge in [-0.15, -0.1) is 0 Å². The standard InChI is InChI=1S/C13H18N2O/c1-10(13(14)16)8-12(15-2)9-11-6-4-3-5-7-11/h3-8,10,15H,9H2,1-2H3,(H2,14,16)/b12-8-. The quantitative estimate of drug-likeness (QED) is 0.786. The van der Waals surface area contributed by atoms with Gasteiger partial charge in [-0.25, -0.2) is 0 Å². The minimum absolute atomic E-state index is 0.244. The first-order valence-electron chi connectivity index (χ1n) is 5.35. The molecule has 1 aromatic carbocycles. The SMILES string of the molecule is CN/C(=C\C(C)C(N)=O)Cc1ccccc1. The van der Waals surface area contributed by atoms with Crippen molar-refractivity contribution in [1.82, 2.24) is 5.32 Å². The van der Waals surface area contributed by atoms with Gasteiger partial charge in [-0.1, -0.05) is 43.3 Å². The van der Waals surface area contributed by atoms with E-state index >= 15 is 0 Å². The first kappa shape index (κ1) is 12.3. The molecule has 0 saturated carbocycles. The molecule has 0 aliphatic heterocycles. The van der Waals surface area contributed by atoms with E-state index in [1.807, 2.05) is 31.3 Å². The Morgan fingerprint density at radius 2 is 2.06 bits per heavy atom. The summed E-state index contributed by atoms with van der Waals surface area (Å²) in [6.07, 6.45) is 2.66. The zero-order valence-electron chi connectivity index (χ0n) is 9.73. The first-order chi connectivity index (χ1) is 7.63. The molecule has 0 spiro atoms. The van der Waals surface area contributed by atoms with E-state index in [0.717, 1.165) is 12.1 Å². The van der Waals surface area contributed by atoms with E-state index in [-0.39, 0.29) is 11.8 Å². The normalized spacial score (nSPS) is 13.2. The van der Waals surface area contributed by atoms with Crippen LogP contribution >= 0.6 is 0 Å². The second-order valence-electron chi connectivity index (χ2n) is 3.80. The van der Waals surface area contributed by atoms with Gasteiger partial charge in [0.1, 0.15) is 0 Å². The molecule has 0 aliphatic rings. The van der Waals surface area contributed by atoms with Crippen molar-refractivity contribution in [2.24, 2.45) is 11.7 Å². The Bertz CT molecular complexity index is 371. The summed E-state index contributed by atoms with van der Waals surface area (Å²) < 4.78 is 0. The highest BCUT2D eigenvalue weighted by Gasteiger charge is 2.06. The van der Waals surface area contributed by atoms with Crippen LogP contribution in [0, 0.1) is 5.92 Å². The molecular weight excluding hydrogens is 200 g/mol. The summed E-state index contributed by atoms with van der Waals surface area (Å²) in [5.74, 6) is -0.549. The smallest absolute Gasteiger partial charge is 0.224 e. The van der Waals surface area contributed by atoms with Crippen LogP contribution in [-0.2, 0) is 11.2 Å². The van der Waals surface area contributed by atoms with E-state index in [2.05, 4.69) is 17.4 Å². The van der Waals surface area contributed by atoms with Crippen molar-refractivity contribution in [3.63, 3.8) is 0 Å². The van der Waals surface area contributed by atoms with Crippen molar-refractivity contribution in [3.8, 4) is 0 Å². The van der Waals surface area contributed by atoms with Gasteiger partial charge in [0.05, 0.1) is 5.92 Å². The maximum atomic E-state index is 11.0. The number of allylic oxidation sites excluding steroid dienone is 1. The topological polar surface area (TPSA) is 55.1 Å². The number of benzene rings is 1. The molecule has 16 heavy (non-hydrogen) atoms. The molecular formula is C13H18N2O. The second-order valence-corrected chi connectivity index (χ2v) is 3.80. The number of likely N-dealkylation sites (N-methyl/N-ethyl adjacent to an activating group) is 1. The van der Waals surface area contributed by atoms with E-state index in [9.17, 15) is 4.79 Å². The Morgan fingerprint density at radius 1 is 1.44 bits per heavy atom. The van der Waals surface area contributed by atoms with Crippen molar-refractivity contribution in [1.29, 1.82) is 0 Å². The fraction of sp³-hybridized carbons (Fsp3) is 0.308. The molecule has 1 amide bonds. The van der Waals surface area contributed by atoms with Crippen LogP contribution in [0.3, 0.4) is 0 Å². The third kappa shape index (κ3) is 3.77. The van der Waals surface area contributed by atoms with E-state index in [4.69, 9.17) is 5.73 Å². The summed E-state index contributed by atoms with van der Waals surface area (Å²) in [5.41, 5.74) is 7.44. The van der Waals surface area contributed by atoms with Crippen molar-refractivity contribution >= 4 is 5.91 Å². The zero-order valence-corrected chi connectivity index (χ0v) is 9.73. The Balaban J connectivity index is 2.73. The summed E-state index contributed by atoms with van der Waals surface area (Å²) in [7, 11) is 1.85. The summed E-state index contributed by atoms with van der Waals surface area (Å²) in [6, 6.07) is 10.1. The minimum atomic E-state index is -0.305. The number of primary amides is 1. The largest absolute Gasteiger partial charge is 0.391 e. The van der Waals surface area contributed by atoms with Gasteiger partial charge in [-0.3, -0.25) is 4.79 Å². The van der Waals surface area contributed by atoms with Gasteiger partial charge in [-0.05, 0) is 5.56 Å². The third-order valence-electron chi connectivity index (χ3n) is 2.46. The molecule has 0 radical (unpaired) electrons. The molecule has 1 unspecified atom stereocenters. The van der Waals surface area contributed by atoms with Crippen LogP contribution in [0.1, 0.15) is 12.5 Å². The van der Waals surface area contributed by atoms with Crippen LogP contribution in [0.2, 0.25) is 0 Å². The molecule has 0 heterocycles. The Morgan fingerprint density at radius 3 is 2.56 bits per heavy atom. The van der Waals surface area contributed by atoms with E-state index in [1.165, 1.54) is 5.56 Å². The van der Waals surface area contributed by atoms with Crippen LogP contribution in [0.25, 0.3) is 0 Å². The Kier molecular flexibility index (Phi) is 4.58. The first-order valence-corrected chi connectivity index (χ1v) is 5.35. The maximum absolute atomic E-state index is 11.0. The number of amides is 1. The summed E-state index contributed by atoms with van der Waals surface area (Å²) in [6.45, 7) is 1.80. The van der Waals surface area contributed by atoms with Crippen LogP contribution < -0.4 is 11.1 Å². The number of nitrogens with two attached hydrogens (primary N) is 1. The number of carbonyl (C=O) groups is 1. The van der Waals surface area contributed by atoms with E-state index in [0.29, 0.717) is 0 Å². The van der Waals surface area contributed by atoms with Crippen LogP contribution in [0.5, 0.6) is 0 Å². The maximum Gasteiger partial charge on any atom is 0.224 e. The molecule has 1 atom stereocenters. The lowest BCUT2D eigenvalue weighted by Crippen LogP contribution is -2.21. The number of hydrogen-bond acceptors (Lipinski definition) is 2. The average molecular weight is 218 g/mol. The van der Waals surface area contributed by atoms with Crippen molar-refractivity contribution in [2.75, 3.05) is 7.05 Å². The predicted molar refractivity (Wildman–Crippen MR) is 65.6 cm³/mol. The average Bonchev–Trinajstić information content (AvgIpc) is 2.29. The lowest BCUT2D eigenvalue weighted by molar-refractivity contribution is -0.120. The molecule has 3 nitrogen and oxygen atoms in total. The van der Waals surface area contributed by atoms with Gasteiger partial charge < -0.3 is 11.1 Å². The Labute approximate surface area is 96.3 Å². The van der Waals surface area contributed by atoms with E-state index in [1.54, 1.807) is 6.92 Å². The van der Waals surface area contributed by atoms with Crippen LogP contribution in [0.4, 0.5) is 0 Å². The molecule has 1 aromatic rings. The summed E-state index contributed by atoms with van der Waals surface area (Å²) >= 11 is 0. The fourth-order valence-electron chi connectivity index (χ4n) is 1.43. The van der Waals surface area contributed by atoms with Crippen molar-refractivity contribution in [2.45, 2.75) is 13.3 Å². The molecule has 1 rings (SSSR count). The summed E-state index contributed by atoms with van der Waals surface area (Å²) in [4.78, 5) is 11.0. The molecule has 0 bridgehead atoms. The monoisotopic (exact) mass is 218 g/mol. The Hall–Kier alpha value is -1.77. The lowest BCUT2D eigenvalue weighted by atomic mass is 10.1. The van der Waals surface area contributed by atoms with Gasteiger partial charge in [0.2, 0.25) is 5.91 Å². The van der Waals surface area contributed by atoms with Crippen LogP contribution in [-0.4, -0.2) is 13.0 Å². The molecule has 0 aromatic heterocycles. The minimum Gasteiger partial charge on any atom is -0.391 e. The van der Waals surface area contributed by atoms with Gasteiger partial charge in [0.15, 0.2) is 0 Å². The molecule has 0 aliphatic carbocycles. The van der Waals surface area contributed by atoms with Gasteiger partial charge in [-0.2, -0.15) is 0 Å². The fourth-order valence-corrected chi connectivity index (χ4v) is 1.43. The highest BCUT2D eigenvalue weighted by Crippen LogP contribution is 2.08. The highest BCUT2D eigenvalue weighted by molar-refractivity contribution is 5.78. The van der Waals surface area contributed by atoms with Crippen molar-refractivity contribution in [3.05, 3.63) is 47.7 Å². The number of rotatable bonds is 5. The van der Waals surface area contributed by atoms with Crippen LogP contribution in [0.15, 0.2) is 42.1 Å². The van der Waals surface area contributed by atoms with Gasteiger partial charge >= 0.3 is 0 Å². The van der Waals surface area contributed by atoms with Gasteiger partial charge in [0.25, 0.3) is 0 Å². The molecule has 3 N–H and O–H groups in total.